The second-order valence-corrected chi connectivity index (χ2v) is 5.09. The van der Waals surface area contributed by atoms with Crippen molar-refractivity contribution >= 4 is 10.9 Å². The molecule has 108 valence electrons. The number of hydrogen-bond acceptors (Lipinski definition) is 4. The van der Waals surface area contributed by atoms with Crippen LogP contribution >= 0.6 is 0 Å². The molecule has 0 aliphatic rings. The monoisotopic (exact) mass is 282 g/mol. The van der Waals surface area contributed by atoms with Gasteiger partial charge in [0.1, 0.15) is 29.4 Å². The Morgan fingerprint density at radius 2 is 2.05 bits per heavy atom. The maximum atomic E-state index is 5.88. The summed E-state index contributed by atoms with van der Waals surface area (Å²) in [4.78, 5) is 4.55. The van der Waals surface area contributed by atoms with Crippen LogP contribution in [0.4, 0.5) is 0 Å². The zero-order valence-electron chi connectivity index (χ0n) is 12.2. The molecule has 0 fully saturated rings. The molecule has 0 aliphatic heterocycles. The van der Waals surface area contributed by atoms with E-state index >= 15 is 0 Å². The highest BCUT2D eigenvalue weighted by atomic mass is 16.5. The average Bonchev–Trinajstić information content (AvgIpc) is 2.85. The molecule has 2 heterocycles. The summed E-state index contributed by atoms with van der Waals surface area (Å²) in [6.07, 6.45) is 0. The molecular weight excluding hydrogens is 264 g/mol. The Morgan fingerprint density at radius 1 is 1.19 bits per heavy atom. The normalized spacial score (nSPS) is 11.0. The minimum atomic E-state index is 0.371. The van der Waals surface area contributed by atoms with Gasteiger partial charge in [0, 0.05) is 11.1 Å². The number of nitrogens with zero attached hydrogens (tertiary/aromatic N) is 1. The SMILES string of the molecule is Cc1ccc2cccc(OCc3cc(C)c(CN)o3)c2n1. The molecule has 3 rings (SSSR count). The molecule has 0 amide bonds. The number of hydrogen-bond donors (Lipinski definition) is 1. The minimum absolute atomic E-state index is 0.371. The topological polar surface area (TPSA) is 61.3 Å². The molecule has 0 saturated heterocycles. The van der Waals surface area contributed by atoms with Crippen LogP contribution in [-0.4, -0.2) is 4.98 Å². The maximum Gasteiger partial charge on any atom is 0.146 e. The van der Waals surface area contributed by atoms with Gasteiger partial charge < -0.3 is 14.9 Å². The largest absolute Gasteiger partial charge is 0.483 e. The molecule has 2 N–H and O–H groups in total. The second kappa shape index (κ2) is 5.58. The van der Waals surface area contributed by atoms with Crippen molar-refractivity contribution < 1.29 is 9.15 Å². The van der Waals surface area contributed by atoms with Crippen LogP contribution in [0.1, 0.15) is 22.8 Å². The van der Waals surface area contributed by atoms with Gasteiger partial charge in [-0.3, -0.25) is 0 Å². The Hall–Kier alpha value is -2.33. The van der Waals surface area contributed by atoms with Crippen molar-refractivity contribution in [2.75, 3.05) is 0 Å². The molecule has 0 aliphatic carbocycles. The highest BCUT2D eigenvalue weighted by molar-refractivity contribution is 5.84. The molecule has 1 aromatic carbocycles. The Balaban J connectivity index is 1.86. The average molecular weight is 282 g/mol. The Kier molecular flexibility index (Phi) is 3.62. The number of fused-ring (bicyclic) bond motifs is 1. The van der Waals surface area contributed by atoms with Crippen molar-refractivity contribution in [3.05, 3.63) is 59.2 Å². The van der Waals surface area contributed by atoms with Gasteiger partial charge >= 0.3 is 0 Å². The summed E-state index contributed by atoms with van der Waals surface area (Å²) in [5, 5.41) is 1.07. The lowest BCUT2D eigenvalue weighted by Crippen LogP contribution is -1.97. The lowest BCUT2D eigenvalue weighted by Gasteiger charge is -2.08. The van der Waals surface area contributed by atoms with Gasteiger partial charge in [-0.25, -0.2) is 4.98 Å². The third kappa shape index (κ3) is 2.76. The predicted molar refractivity (Wildman–Crippen MR) is 82.1 cm³/mol. The molecule has 0 atom stereocenters. The van der Waals surface area contributed by atoms with Crippen LogP contribution in [-0.2, 0) is 13.2 Å². The fraction of sp³-hybridized carbons (Fsp3) is 0.235. The molecule has 4 nitrogen and oxygen atoms in total. The van der Waals surface area contributed by atoms with Crippen molar-refractivity contribution in [3.8, 4) is 5.75 Å². The predicted octanol–water partition coefficient (Wildman–Crippen LogP) is 3.48. The summed E-state index contributed by atoms with van der Waals surface area (Å²) in [5.74, 6) is 2.35. The van der Waals surface area contributed by atoms with Gasteiger partial charge in [-0.05, 0) is 37.6 Å². The lowest BCUT2D eigenvalue weighted by atomic mass is 10.2. The van der Waals surface area contributed by atoms with Gasteiger partial charge in [-0.1, -0.05) is 18.2 Å². The first-order chi connectivity index (χ1) is 10.2. The summed E-state index contributed by atoms with van der Waals surface area (Å²) in [6, 6.07) is 11.9. The van der Waals surface area contributed by atoms with Gasteiger partial charge in [-0.2, -0.15) is 0 Å². The van der Waals surface area contributed by atoms with E-state index in [0.717, 1.165) is 39.4 Å². The van der Waals surface area contributed by atoms with E-state index < -0.39 is 0 Å². The van der Waals surface area contributed by atoms with E-state index in [9.17, 15) is 0 Å². The molecule has 3 aromatic rings. The lowest BCUT2D eigenvalue weighted by molar-refractivity contribution is 0.268. The van der Waals surface area contributed by atoms with Gasteiger partial charge in [0.15, 0.2) is 0 Å². The molecule has 0 unspecified atom stereocenters. The first-order valence-electron chi connectivity index (χ1n) is 6.95. The van der Waals surface area contributed by atoms with E-state index in [1.54, 1.807) is 0 Å². The second-order valence-electron chi connectivity index (χ2n) is 5.09. The first-order valence-corrected chi connectivity index (χ1v) is 6.95. The summed E-state index contributed by atoms with van der Waals surface area (Å²) in [7, 11) is 0. The number of para-hydroxylation sites is 1. The summed E-state index contributed by atoms with van der Waals surface area (Å²) < 4.78 is 11.5. The minimum Gasteiger partial charge on any atom is -0.483 e. The van der Waals surface area contributed by atoms with Gasteiger partial charge in [0.25, 0.3) is 0 Å². The molecule has 0 bridgehead atoms. The highest BCUT2D eigenvalue weighted by Crippen LogP contribution is 2.25. The Labute approximate surface area is 123 Å². The third-order valence-corrected chi connectivity index (χ3v) is 3.45. The Morgan fingerprint density at radius 3 is 2.81 bits per heavy atom. The van der Waals surface area contributed by atoms with Crippen LogP contribution in [0.15, 0.2) is 40.8 Å². The fourth-order valence-corrected chi connectivity index (χ4v) is 2.35. The molecule has 21 heavy (non-hydrogen) atoms. The summed E-state index contributed by atoms with van der Waals surface area (Å²) in [5.41, 5.74) is 8.52. The van der Waals surface area contributed by atoms with E-state index in [0.29, 0.717) is 13.2 Å². The van der Waals surface area contributed by atoms with E-state index in [4.69, 9.17) is 14.9 Å². The van der Waals surface area contributed by atoms with Crippen LogP contribution in [0.2, 0.25) is 0 Å². The van der Waals surface area contributed by atoms with Crippen molar-refractivity contribution in [1.29, 1.82) is 0 Å². The van der Waals surface area contributed by atoms with Gasteiger partial charge in [0.2, 0.25) is 0 Å². The standard InChI is InChI=1S/C17H18N2O2/c1-11-8-14(21-16(11)9-18)10-20-15-5-3-4-13-7-6-12(2)19-17(13)15/h3-8H,9-10,18H2,1-2H3. The number of pyridine rings is 1. The van der Waals surface area contributed by atoms with Crippen LogP contribution in [0.5, 0.6) is 5.75 Å². The number of rotatable bonds is 4. The zero-order valence-corrected chi connectivity index (χ0v) is 12.2. The maximum absolute atomic E-state index is 5.88. The molecular formula is C17H18N2O2. The Bertz CT molecular complexity index is 778. The third-order valence-electron chi connectivity index (χ3n) is 3.45. The smallest absolute Gasteiger partial charge is 0.146 e. The number of nitrogens with two attached hydrogens (primary N) is 1. The fourth-order valence-electron chi connectivity index (χ4n) is 2.35. The zero-order chi connectivity index (χ0) is 14.8. The molecule has 0 saturated carbocycles. The van der Waals surface area contributed by atoms with Crippen LogP contribution in [0.25, 0.3) is 10.9 Å². The van der Waals surface area contributed by atoms with Gasteiger partial charge in [-0.15, -0.1) is 0 Å². The van der Waals surface area contributed by atoms with Crippen molar-refractivity contribution in [3.63, 3.8) is 0 Å². The number of benzene rings is 1. The van der Waals surface area contributed by atoms with Crippen LogP contribution in [0, 0.1) is 13.8 Å². The summed E-state index contributed by atoms with van der Waals surface area (Å²) in [6.45, 7) is 4.73. The highest BCUT2D eigenvalue weighted by Gasteiger charge is 2.08. The quantitative estimate of drug-likeness (QED) is 0.795. The van der Waals surface area contributed by atoms with E-state index in [2.05, 4.69) is 4.98 Å². The number of aromatic nitrogens is 1. The number of ether oxygens (including phenoxy) is 1. The molecule has 0 spiro atoms. The van der Waals surface area contributed by atoms with Crippen LogP contribution < -0.4 is 10.5 Å². The van der Waals surface area contributed by atoms with Crippen molar-refractivity contribution in [2.45, 2.75) is 27.0 Å². The van der Waals surface area contributed by atoms with E-state index in [1.165, 1.54) is 0 Å². The number of aryl methyl sites for hydroxylation is 2. The van der Waals surface area contributed by atoms with E-state index in [-0.39, 0.29) is 0 Å². The van der Waals surface area contributed by atoms with E-state index in [1.807, 2.05) is 50.2 Å². The van der Waals surface area contributed by atoms with Crippen LogP contribution in [0.3, 0.4) is 0 Å². The van der Waals surface area contributed by atoms with Crippen molar-refractivity contribution in [1.82, 2.24) is 4.98 Å². The first kappa shape index (κ1) is 13.6. The molecule has 0 radical (unpaired) electrons. The molecule has 2 aromatic heterocycles. The van der Waals surface area contributed by atoms with Gasteiger partial charge in [0.05, 0.1) is 6.54 Å². The molecule has 4 heteroatoms. The summed E-state index contributed by atoms with van der Waals surface area (Å²) >= 11 is 0. The van der Waals surface area contributed by atoms with Crippen molar-refractivity contribution in [2.24, 2.45) is 5.73 Å². The number of furan rings is 1.